The summed E-state index contributed by atoms with van der Waals surface area (Å²) in [6.07, 6.45) is 0. The summed E-state index contributed by atoms with van der Waals surface area (Å²) in [6, 6.07) is 0. The SMILES string of the molecule is CCS(=O)(=O)C=C(C)C(=O)OCCN. The van der Waals surface area contributed by atoms with Crippen LogP contribution >= 0.6 is 0 Å². The van der Waals surface area contributed by atoms with Gasteiger partial charge in [0.2, 0.25) is 0 Å². The summed E-state index contributed by atoms with van der Waals surface area (Å²) >= 11 is 0. The monoisotopic (exact) mass is 221 g/mol. The molecule has 0 saturated heterocycles. The Kier molecular flexibility index (Phi) is 5.40. The number of carbonyl (C=O) groups is 1. The van der Waals surface area contributed by atoms with Crippen molar-refractivity contribution in [3.8, 4) is 0 Å². The van der Waals surface area contributed by atoms with Crippen molar-refractivity contribution < 1.29 is 17.9 Å². The first-order valence-electron chi connectivity index (χ1n) is 4.21. The first-order chi connectivity index (χ1) is 6.43. The zero-order valence-corrected chi connectivity index (χ0v) is 9.13. The topological polar surface area (TPSA) is 86.5 Å². The number of sulfone groups is 1. The van der Waals surface area contributed by atoms with Crippen LogP contribution in [0.15, 0.2) is 11.0 Å². The minimum atomic E-state index is -3.28. The quantitative estimate of drug-likeness (QED) is 0.514. The van der Waals surface area contributed by atoms with Crippen LogP contribution in [-0.4, -0.2) is 33.3 Å². The van der Waals surface area contributed by atoms with E-state index in [0.29, 0.717) is 0 Å². The molecule has 0 radical (unpaired) electrons. The van der Waals surface area contributed by atoms with Crippen molar-refractivity contribution >= 4 is 15.8 Å². The van der Waals surface area contributed by atoms with Crippen molar-refractivity contribution in [3.05, 3.63) is 11.0 Å². The van der Waals surface area contributed by atoms with E-state index in [9.17, 15) is 13.2 Å². The Balaban J connectivity index is 4.46. The van der Waals surface area contributed by atoms with Crippen LogP contribution in [-0.2, 0) is 19.4 Å². The van der Waals surface area contributed by atoms with Crippen LogP contribution in [0.3, 0.4) is 0 Å². The normalized spacial score (nSPS) is 12.6. The Morgan fingerprint density at radius 1 is 1.50 bits per heavy atom. The molecular weight excluding hydrogens is 206 g/mol. The van der Waals surface area contributed by atoms with E-state index in [1.807, 2.05) is 0 Å². The van der Waals surface area contributed by atoms with E-state index >= 15 is 0 Å². The molecule has 0 aromatic heterocycles. The third kappa shape index (κ3) is 4.98. The number of rotatable bonds is 5. The molecule has 0 aliphatic rings. The Bertz CT molecular complexity index is 318. The van der Waals surface area contributed by atoms with E-state index in [4.69, 9.17) is 5.73 Å². The predicted octanol–water partition coefficient (Wildman–Crippen LogP) is -0.173. The van der Waals surface area contributed by atoms with Gasteiger partial charge in [-0.1, -0.05) is 6.92 Å². The number of hydrogen-bond donors (Lipinski definition) is 1. The summed E-state index contributed by atoms with van der Waals surface area (Å²) < 4.78 is 26.8. The lowest BCUT2D eigenvalue weighted by molar-refractivity contribution is -0.138. The van der Waals surface area contributed by atoms with Gasteiger partial charge in [-0.2, -0.15) is 0 Å². The smallest absolute Gasteiger partial charge is 0.334 e. The van der Waals surface area contributed by atoms with Crippen molar-refractivity contribution in [3.63, 3.8) is 0 Å². The summed E-state index contributed by atoms with van der Waals surface area (Å²) in [6.45, 7) is 3.21. The third-order valence-corrected chi connectivity index (χ3v) is 2.95. The van der Waals surface area contributed by atoms with Gasteiger partial charge in [-0.25, -0.2) is 13.2 Å². The van der Waals surface area contributed by atoms with E-state index in [2.05, 4.69) is 4.74 Å². The molecule has 5 nitrogen and oxygen atoms in total. The van der Waals surface area contributed by atoms with Gasteiger partial charge >= 0.3 is 5.97 Å². The molecule has 14 heavy (non-hydrogen) atoms. The van der Waals surface area contributed by atoms with Crippen molar-refractivity contribution in [1.82, 2.24) is 0 Å². The van der Waals surface area contributed by atoms with Crippen LogP contribution in [0.1, 0.15) is 13.8 Å². The highest BCUT2D eigenvalue weighted by molar-refractivity contribution is 7.94. The fourth-order valence-corrected chi connectivity index (χ4v) is 1.47. The maximum Gasteiger partial charge on any atom is 0.334 e. The molecule has 0 saturated carbocycles. The van der Waals surface area contributed by atoms with E-state index < -0.39 is 15.8 Å². The lowest BCUT2D eigenvalue weighted by Crippen LogP contribution is -2.15. The van der Waals surface area contributed by atoms with Gasteiger partial charge in [-0.3, -0.25) is 0 Å². The highest BCUT2D eigenvalue weighted by Gasteiger charge is 2.10. The summed E-state index contributed by atoms with van der Waals surface area (Å²) in [5.74, 6) is -0.679. The van der Waals surface area contributed by atoms with Crippen LogP contribution in [0, 0.1) is 0 Å². The lowest BCUT2D eigenvalue weighted by atomic mass is 10.4. The van der Waals surface area contributed by atoms with Crippen LogP contribution in [0.25, 0.3) is 0 Å². The molecule has 0 aliphatic carbocycles. The highest BCUT2D eigenvalue weighted by atomic mass is 32.2. The molecule has 6 heteroatoms. The molecule has 0 unspecified atom stereocenters. The maximum absolute atomic E-state index is 11.1. The number of carbonyl (C=O) groups excluding carboxylic acids is 1. The molecule has 0 spiro atoms. The molecule has 82 valence electrons. The van der Waals surface area contributed by atoms with Gasteiger partial charge in [0, 0.05) is 17.5 Å². The van der Waals surface area contributed by atoms with Crippen molar-refractivity contribution in [1.29, 1.82) is 0 Å². The van der Waals surface area contributed by atoms with Gasteiger partial charge < -0.3 is 10.5 Å². The van der Waals surface area contributed by atoms with Crippen LogP contribution in [0.5, 0.6) is 0 Å². The summed E-state index contributed by atoms with van der Waals surface area (Å²) in [4.78, 5) is 11.1. The van der Waals surface area contributed by atoms with Gasteiger partial charge in [0.15, 0.2) is 9.84 Å². The molecule has 0 fully saturated rings. The molecular formula is C8H15NO4S. The van der Waals surface area contributed by atoms with E-state index in [1.165, 1.54) is 13.8 Å². The number of hydrogen-bond acceptors (Lipinski definition) is 5. The summed E-state index contributed by atoms with van der Waals surface area (Å²) in [7, 11) is -3.28. The molecule has 0 bridgehead atoms. The van der Waals surface area contributed by atoms with Crippen LogP contribution in [0.2, 0.25) is 0 Å². The number of esters is 1. The van der Waals surface area contributed by atoms with Crippen LogP contribution < -0.4 is 5.73 Å². The van der Waals surface area contributed by atoms with E-state index in [-0.39, 0.29) is 24.5 Å². The summed E-state index contributed by atoms with van der Waals surface area (Å²) in [5.41, 5.74) is 5.19. The lowest BCUT2D eigenvalue weighted by Gasteiger charge is -2.02. The van der Waals surface area contributed by atoms with Gasteiger partial charge in [-0.05, 0) is 6.92 Å². The zero-order chi connectivity index (χ0) is 11.2. The van der Waals surface area contributed by atoms with Crippen molar-refractivity contribution in [2.75, 3.05) is 18.9 Å². The highest BCUT2D eigenvalue weighted by Crippen LogP contribution is 2.02. The zero-order valence-electron chi connectivity index (χ0n) is 8.32. The van der Waals surface area contributed by atoms with Crippen molar-refractivity contribution in [2.24, 2.45) is 5.73 Å². The van der Waals surface area contributed by atoms with Gasteiger partial charge in [-0.15, -0.1) is 0 Å². The standard InChI is InChI=1S/C8H15NO4S/c1-3-14(11,12)6-7(2)8(10)13-5-4-9/h6H,3-5,9H2,1-2H3. The van der Waals surface area contributed by atoms with Crippen molar-refractivity contribution in [2.45, 2.75) is 13.8 Å². The predicted molar refractivity (Wildman–Crippen MR) is 53.2 cm³/mol. The Morgan fingerprint density at radius 2 is 2.07 bits per heavy atom. The Morgan fingerprint density at radius 3 is 2.50 bits per heavy atom. The molecule has 0 rings (SSSR count). The number of nitrogens with two attached hydrogens (primary N) is 1. The molecule has 0 aromatic rings. The molecule has 0 amide bonds. The van der Waals surface area contributed by atoms with E-state index in [0.717, 1.165) is 5.41 Å². The molecule has 2 N–H and O–H groups in total. The van der Waals surface area contributed by atoms with Crippen LogP contribution in [0.4, 0.5) is 0 Å². The molecule has 0 heterocycles. The maximum atomic E-state index is 11.1. The number of ether oxygens (including phenoxy) is 1. The van der Waals surface area contributed by atoms with Gasteiger partial charge in [0.05, 0.1) is 5.75 Å². The average molecular weight is 221 g/mol. The fraction of sp³-hybridized carbons (Fsp3) is 0.625. The third-order valence-electron chi connectivity index (χ3n) is 1.43. The molecule has 0 atom stereocenters. The van der Waals surface area contributed by atoms with Gasteiger partial charge in [0.25, 0.3) is 0 Å². The summed E-state index contributed by atoms with van der Waals surface area (Å²) in [5, 5.41) is 0.922. The largest absolute Gasteiger partial charge is 0.461 e. The average Bonchev–Trinajstić information content (AvgIpc) is 2.13. The fourth-order valence-electron chi connectivity index (χ4n) is 0.666. The van der Waals surface area contributed by atoms with Gasteiger partial charge in [0.1, 0.15) is 6.61 Å². The minimum Gasteiger partial charge on any atom is -0.461 e. The Hall–Kier alpha value is -0.880. The van der Waals surface area contributed by atoms with E-state index in [1.54, 1.807) is 0 Å². The second-order valence-corrected chi connectivity index (χ2v) is 4.82. The second kappa shape index (κ2) is 5.77. The Labute approximate surface area is 83.8 Å². The minimum absolute atomic E-state index is 0.0332. The second-order valence-electron chi connectivity index (χ2n) is 2.68. The molecule has 0 aromatic carbocycles. The molecule has 0 aliphatic heterocycles. The first kappa shape index (κ1) is 13.1. The first-order valence-corrected chi connectivity index (χ1v) is 5.92.